The number of nitrogens with zero attached hydrogens (tertiary/aromatic N) is 3. The molecule has 1 aromatic heterocycles. The van der Waals surface area contributed by atoms with Gasteiger partial charge in [-0.3, -0.25) is 9.59 Å². The van der Waals surface area contributed by atoms with Gasteiger partial charge in [0.15, 0.2) is 0 Å². The average molecular weight is 413 g/mol. The molecule has 6 nitrogen and oxygen atoms in total. The van der Waals surface area contributed by atoms with Crippen LogP contribution >= 0.6 is 0 Å². The van der Waals surface area contributed by atoms with E-state index in [0.29, 0.717) is 36.5 Å². The summed E-state index contributed by atoms with van der Waals surface area (Å²) in [4.78, 5) is 32.5. The molecule has 0 aliphatic carbocycles. The molecule has 0 spiro atoms. The Morgan fingerprint density at radius 1 is 1.47 bits per heavy atom. The lowest BCUT2D eigenvalue weighted by Crippen LogP contribution is -2.38. The smallest absolute Gasteiger partial charge is 0.255 e. The zero-order chi connectivity index (χ0) is 22.1. The third-order valence-electron chi connectivity index (χ3n) is 5.99. The molecule has 0 saturated carbocycles. The number of hydrogen-bond donors (Lipinski definition) is 1. The molecule has 0 bridgehead atoms. The quantitative estimate of drug-likeness (QED) is 0.752. The summed E-state index contributed by atoms with van der Waals surface area (Å²) < 4.78 is 13.9. The molecule has 160 valence electrons. The maximum absolute atomic E-state index is 13.9. The van der Waals surface area contributed by atoms with E-state index >= 15 is 0 Å². The lowest BCUT2D eigenvalue weighted by Gasteiger charge is -2.25. The molecule has 3 rings (SSSR count). The number of aromatic nitrogens is 1. The molecule has 2 atom stereocenters. The normalized spacial score (nSPS) is 23.4. The van der Waals surface area contributed by atoms with E-state index < -0.39 is 5.54 Å². The lowest BCUT2D eigenvalue weighted by molar-refractivity contribution is -0.129. The fraction of sp³-hybridized carbons (Fsp3) is 0.435. The first-order valence-corrected chi connectivity index (χ1v) is 10.1. The van der Waals surface area contributed by atoms with Gasteiger partial charge in [-0.05, 0) is 49.6 Å². The average Bonchev–Trinajstić information content (AvgIpc) is 3.31. The highest BCUT2D eigenvalue weighted by Crippen LogP contribution is 2.36. The van der Waals surface area contributed by atoms with Crippen LogP contribution in [0.3, 0.4) is 0 Å². The number of likely N-dealkylation sites (tertiary alicyclic amines) is 1. The first-order chi connectivity index (χ1) is 14.1. The van der Waals surface area contributed by atoms with Crippen molar-refractivity contribution in [2.24, 2.45) is 0 Å². The molecular formula is C23H29FN4O2. The Balaban J connectivity index is 1.73. The SMILES string of the molecule is C=C(/C=C(F)\C=C/C)[C@@]1(C)Cc2cc(C(=O)N3CC[C@H](N(C)C(C)=O)C3)cnc2N1. The Labute approximate surface area is 177 Å². The lowest BCUT2D eigenvalue weighted by atomic mass is 9.89. The number of fused-ring (bicyclic) bond motifs is 1. The molecule has 30 heavy (non-hydrogen) atoms. The fourth-order valence-corrected chi connectivity index (χ4v) is 3.97. The second-order valence-electron chi connectivity index (χ2n) is 8.24. The number of halogens is 1. The van der Waals surface area contributed by atoms with Gasteiger partial charge in [-0.25, -0.2) is 9.37 Å². The highest BCUT2D eigenvalue weighted by Gasteiger charge is 2.36. The minimum Gasteiger partial charge on any atom is -0.360 e. The van der Waals surface area contributed by atoms with E-state index in [1.54, 1.807) is 36.0 Å². The summed E-state index contributed by atoms with van der Waals surface area (Å²) in [5, 5.41) is 3.31. The third-order valence-corrected chi connectivity index (χ3v) is 5.99. The number of amides is 2. The molecule has 0 unspecified atom stereocenters. The van der Waals surface area contributed by atoms with E-state index in [0.717, 1.165) is 12.0 Å². The molecule has 2 aliphatic heterocycles. The summed E-state index contributed by atoms with van der Waals surface area (Å²) in [6.45, 7) is 10.4. The van der Waals surface area contributed by atoms with E-state index in [4.69, 9.17) is 0 Å². The number of likely N-dealkylation sites (N-methyl/N-ethyl adjacent to an activating group) is 1. The molecule has 1 N–H and O–H groups in total. The van der Waals surface area contributed by atoms with Crippen molar-refractivity contribution in [1.29, 1.82) is 0 Å². The first-order valence-electron chi connectivity index (χ1n) is 10.1. The summed E-state index contributed by atoms with van der Waals surface area (Å²) in [5.74, 6) is 0.241. The Morgan fingerprint density at radius 3 is 2.87 bits per heavy atom. The second-order valence-corrected chi connectivity index (χ2v) is 8.24. The number of anilines is 1. The Hall–Kier alpha value is -2.96. The molecule has 0 aromatic carbocycles. The van der Waals surface area contributed by atoms with Crippen molar-refractivity contribution >= 4 is 17.6 Å². The number of pyridine rings is 1. The Bertz CT molecular complexity index is 939. The van der Waals surface area contributed by atoms with Gasteiger partial charge in [0.05, 0.1) is 17.1 Å². The van der Waals surface area contributed by atoms with Crippen LogP contribution < -0.4 is 5.32 Å². The van der Waals surface area contributed by atoms with Gasteiger partial charge < -0.3 is 15.1 Å². The van der Waals surface area contributed by atoms with E-state index in [1.165, 1.54) is 19.1 Å². The zero-order valence-electron chi connectivity index (χ0n) is 18.0. The van der Waals surface area contributed by atoms with Gasteiger partial charge >= 0.3 is 0 Å². The molecule has 0 radical (unpaired) electrons. The van der Waals surface area contributed by atoms with Crippen LogP contribution in [0, 0.1) is 0 Å². The number of carbonyl (C=O) groups is 2. The predicted octanol–water partition coefficient (Wildman–Crippen LogP) is 3.49. The maximum Gasteiger partial charge on any atom is 0.255 e. The zero-order valence-corrected chi connectivity index (χ0v) is 18.0. The summed E-state index contributed by atoms with van der Waals surface area (Å²) in [7, 11) is 1.77. The van der Waals surface area contributed by atoms with Crippen molar-refractivity contribution in [3.63, 3.8) is 0 Å². The molecule has 2 aliphatic rings. The maximum atomic E-state index is 13.9. The minimum absolute atomic E-state index is 0.000926. The largest absolute Gasteiger partial charge is 0.360 e. The van der Waals surface area contributed by atoms with Crippen LogP contribution in [-0.4, -0.2) is 58.3 Å². The van der Waals surface area contributed by atoms with Gasteiger partial charge in [0, 0.05) is 39.7 Å². The number of carbonyl (C=O) groups excluding carboxylic acids is 2. The number of hydrogen-bond acceptors (Lipinski definition) is 4. The van der Waals surface area contributed by atoms with Crippen LogP contribution in [0.4, 0.5) is 10.2 Å². The molecular weight excluding hydrogens is 383 g/mol. The van der Waals surface area contributed by atoms with Crippen molar-refractivity contribution in [3.05, 3.63) is 59.6 Å². The van der Waals surface area contributed by atoms with Gasteiger partial charge in [0.2, 0.25) is 5.91 Å². The molecule has 1 fully saturated rings. The first kappa shape index (κ1) is 21.7. The minimum atomic E-state index is -0.571. The van der Waals surface area contributed by atoms with Crippen molar-refractivity contribution in [2.75, 3.05) is 25.5 Å². The Kier molecular flexibility index (Phi) is 6.10. The van der Waals surface area contributed by atoms with E-state index in [-0.39, 0.29) is 23.7 Å². The highest BCUT2D eigenvalue weighted by molar-refractivity contribution is 5.95. The second kappa shape index (κ2) is 8.42. The van der Waals surface area contributed by atoms with Crippen molar-refractivity contribution in [1.82, 2.24) is 14.8 Å². The number of nitrogens with one attached hydrogen (secondary N) is 1. The molecule has 7 heteroatoms. The van der Waals surface area contributed by atoms with Gasteiger partial charge in [-0.2, -0.15) is 0 Å². The van der Waals surface area contributed by atoms with Crippen molar-refractivity contribution in [2.45, 2.75) is 45.2 Å². The number of rotatable bonds is 5. The van der Waals surface area contributed by atoms with Crippen LogP contribution in [0.2, 0.25) is 0 Å². The van der Waals surface area contributed by atoms with Gasteiger partial charge in [0.25, 0.3) is 5.91 Å². The van der Waals surface area contributed by atoms with Crippen LogP contribution in [0.15, 0.2) is 48.5 Å². The standard InChI is InChI=1S/C23H29FN4O2/c1-6-7-19(24)10-15(2)23(4)12-17-11-18(13-25-21(17)26-23)22(30)28-9-8-20(14-28)27(5)16(3)29/h6-7,10-11,13,20H,2,8-9,12,14H2,1,3-5H3,(H,25,26)/b7-6-,19-10+/t20-,23+/m0/s1. The predicted molar refractivity (Wildman–Crippen MR) is 116 cm³/mol. The van der Waals surface area contributed by atoms with Crippen molar-refractivity contribution in [3.8, 4) is 0 Å². The molecule has 1 aromatic rings. The van der Waals surface area contributed by atoms with E-state index in [1.807, 2.05) is 13.0 Å². The van der Waals surface area contributed by atoms with Crippen LogP contribution in [0.25, 0.3) is 0 Å². The summed E-state index contributed by atoms with van der Waals surface area (Å²) in [5.41, 5.74) is 1.46. The summed E-state index contributed by atoms with van der Waals surface area (Å²) >= 11 is 0. The summed E-state index contributed by atoms with van der Waals surface area (Å²) in [6.07, 6.45) is 7.34. The van der Waals surface area contributed by atoms with E-state index in [2.05, 4.69) is 16.9 Å². The molecule has 3 heterocycles. The van der Waals surface area contributed by atoms with Crippen LogP contribution in [0.5, 0.6) is 0 Å². The number of allylic oxidation sites excluding steroid dienone is 3. The van der Waals surface area contributed by atoms with Gasteiger partial charge in [0.1, 0.15) is 11.6 Å². The van der Waals surface area contributed by atoms with E-state index in [9.17, 15) is 14.0 Å². The highest BCUT2D eigenvalue weighted by atomic mass is 19.1. The van der Waals surface area contributed by atoms with Crippen LogP contribution in [0.1, 0.15) is 43.1 Å². The van der Waals surface area contributed by atoms with Crippen LogP contribution in [-0.2, 0) is 11.2 Å². The van der Waals surface area contributed by atoms with Gasteiger partial charge in [-0.15, -0.1) is 0 Å². The topological polar surface area (TPSA) is 65.5 Å². The fourth-order valence-electron chi connectivity index (χ4n) is 3.97. The van der Waals surface area contributed by atoms with Crippen molar-refractivity contribution < 1.29 is 14.0 Å². The molecule has 2 amide bonds. The Morgan fingerprint density at radius 2 is 2.20 bits per heavy atom. The molecule has 1 saturated heterocycles. The monoisotopic (exact) mass is 412 g/mol. The van der Waals surface area contributed by atoms with Gasteiger partial charge in [-0.1, -0.05) is 12.7 Å². The summed E-state index contributed by atoms with van der Waals surface area (Å²) in [6, 6.07) is 1.89. The third kappa shape index (κ3) is 4.30.